The Hall–Kier alpha value is -3.22. The van der Waals surface area contributed by atoms with Crippen LogP contribution in [0.25, 0.3) is 11.1 Å². The van der Waals surface area contributed by atoms with Crippen molar-refractivity contribution in [1.82, 2.24) is 20.2 Å². The van der Waals surface area contributed by atoms with Crippen molar-refractivity contribution in [2.24, 2.45) is 0 Å². The molecule has 26 heavy (non-hydrogen) atoms. The standard InChI is InChI=1S/C19H22N6O/c1-13(26)25-8-7-18(21-2)17(11-25)19(20)24-16-5-3-14(4-6-16)15-9-22-12-23-10-15/h3-6,9-10,12,21H,7-8,11H2,1-2H3,(H2,20,24). The molecule has 2 aromatic rings. The van der Waals surface area contributed by atoms with E-state index < -0.39 is 0 Å². The number of anilines is 1. The van der Waals surface area contributed by atoms with Gasteiger partial charge in [-0.2, -0.15) is 0 Å². The van der Waals surface area contributed by atoms with Gasteiger partial charge in [0.15, 0.2) is 0 Å². The number of carbonyl (C=O) groups excluding carboxylic acids is 1. The summed E-state index contributed by atoms with van der Waals surface area (Å²) in [6.07, 6.45) is 5.75. The van der Waals surface area contributed by atoms with Crippen LogP contribution in [-0.2, 0) is 4.79 Å². The van der Waals surface area contributed by atoms with E-state index in [0.717, 1.165) is 34.5 Å². The number of amidine groups is 1. The van der Waals surface area contributed by atoms with Crippen molar-refractivity contribution in [2.45, 2.75) is 13.3 Å². The first-order chi connectivity index (χ1) is 12.6. The molecule has 1 aromatic heterocycles. The Kier molecular flexibility index (Phi) is 5.26. The smallest absolute Gasteiger partial charge is 0.219 e. The molecule has 2 heterocycles. The van der Waals surface area contributed by atoms with Crippen LogP contribution in [0.3, 0.4) is 0 Å². The minimum absolute atomic E-state index is 0.0277. The molecule has 0 saturated heterocycles. The number of hydrogen-bond donors (Lipinski definition) is 3. The van der Waals surface area contributed by atoms with Gasteiger partial charge in [0.1, 0.15) is 12.2 Å². The fourth-order valence-corrected chi connectivity index (χ4v) is 2.95. The molecule has 134 valence electrons. The summed E-state index contributed by atoms with van der Waals surface area (Å²) < 4.78 is 0. The molecule has 3 rings (SSSR count). The highest BCUT2D eigenvalue weighted by Gasteiger charge is 2.23. The molecule has 0 aliphatic carbocycles. The van der Waals surface area contributed by atoms with Crippen LogP contribution in [0, 0.1) is 5.41 Å². The lowest BCUT2D eigenvalue weighted by Crippen LogP contribution is -2.40. The largest absolute Gasteiger partial charge is 0.391 e. The van der Waals surface area contributed by atoms with Gasteiger partial charge in [-0.25, -0.2) is 9.97 Å². The van der Waals surface area contributed by atoms with Gasteiger partial charge in [0.05, 0.1) is 6.54 Å². The van der Waals surface area contributed by atoms with Crippen LogP contribution in [0.15, 0.2) is 54.3 Å². The van der Waals surface area contributed by atoms with Crippen molar-refractivity contribution >= 4 is 17.4 Å². The molecule has 3 N–H and O–H groups in total. The maximum absolute atomic E-state index is 11.7. The number of nitrogens with one attached hydrogen (secondary N) is 3. The van der Waals surface area contributed by atoms with Crippen LogP contribution in [-0.4, -0.2) is 46.7 Å². The zero-order chi connectivity index (χ0) is 18.5. The van der Waals surface area contributed by atoms with E-state index in [1.807, 2.05) is 31.3 Å². The minimum Gasteiger partial charge on any atom is -0.391 e. The quantitative estimate of drug-likeness (QED) is 0.581. The molecule has 0 fully saturated rings. The van der Waals surface area contributed by atoms with Gasteiger partial charge < -0.3 is 15.5 Å². The molecule has 0 atom stereocenters. The summed E-state index contributed by atoms with van der Waals surface area (Å²) in [5.74, 6) is 0.330. The molecular weight excluding hydrogens is 328 g/mol. The first-order valence-electron chi connectivity index (χ1n) is 8.45. The number of benzene rings is 1. The third-order valence-corrected chi connectivity index (χ3v) is 4.44. The summed E-state index contributed by atoms with van der Waals surface area (Å²) in [5.41, 5.74) is 4.59. The van der Waals surface area contributed by atoms with Crippen molar-refractivity contribution in [1.29, 1.82) is 5.41 Å². The third-order valence-electron chi connectivity index (χ3n) is 4.44. The van der Waals surface area contributed by atoms with Crippen LogP contribution in [0.4, 0.5) is 5.69 Å². The van der Waals surface area contributed by atoms with Gasteiger partial charge >= 0.3 is 0 Å². The Morgan fingerprint density at radius 1 is 1.15 bits per heavy atom. The van der Waals surface area contributed by atoms with E-state index in [4.69, 9.17) is 5.41 Å². The van der Waals surface area contributed by atoms with Gasteiger partial charge in [-0.3, -0.25) is 10.2 Å². The number of carbonyl (C=O) groups is 1. The highest BCUT2D eigenvalue weighted by Crippen LogP contribution is 2.22. The normalized spacial score (nSPS) is 14.2. The zero-order valence-corrected chi connectivity index (χ0v) is 14.9. The van der Waals surface area contributed by atoms with E-state index in [-0.39, 0.29) is 5.91 Å². The molecule has 1 aromatic carbocycles. The van der Waals surface area contributed by atoms with Crippen LogP contribution >= 0.6 is 0 Å². The van der Waals surface area contributed by atoms with Gasteiger partial charge in [-0.15, -0.1) is 0 Å². The lowest BCUT2D eigenvalue weighted by molar-refractivity contribution is -0.128. The molecule has 7 heteroatoms. The second-order valence-electron chi connectivity index (χ2n) is 6.10. The fourth-order valence-electron chi connectivity index (χ4n) is 2.95. The minimum atomic E-state index is 0.0277. The third kappa shape index (κ3) is 3.88. The number of hydrogen-bond acceptors (Lipinski definition) is 5. The molecule has 1 aliphatic rings. The second-order valence-corrected chi connectivity index (χ2v) is 6.10. The summed E-state index contributed by atoms with van der Waals surface area (Å²) in [5, 5.41) is 14.7. The Balaban J connectivity index is 1.74. The van der Waals surface area contributed by atoms with E-state index in [2.05, 4.69) is 20.6 Å². The molecule has 1 amide bonds. The molecule has 1 aliphatic heterocycles. The lowest BCUT2D eigenvalue weighted by atomic mass is 10.0. The highest BCUT2D eigenvalue weighted by atomic mass is 16.2. The Morgan fingerprint density at radius 2 is 1.85 bits per heavy atom. The maximum atomic E-state index is 11.7. The molecule has 0 spiro atoms. The number of aromatic nitrogens is 2. The van der Waals surface area contributed by atoms with Crippen molar-refractivity contribution in [3.63, 3.8) is 0 Å². The van der Waals surface area contributed by atoms with Gasteiger partial charge in [0.2, 0.25) is 5.91 Å². The Bertz CT molecular complexity index is 829. The molecule has 0 saturated carbocycles. The summed E-state index contributed by atoms with van der Waals surface area (Å²) in [6, 6.07) is 7.76. The monoisotopic (exact) mass is 350 g/mol. The molecular formula is C19H22N6O. The first kappa shape index (κ1) is 17.6. The average molecular weight is 350 g/mol. The zero-order valence-electron chi connectivity index (χ0n) is 14.9. The van der Waals surface area contributed by atoms with E-state index in [1.54, 1.807) is 24.2 Å². The van der Waals surface area contributed by atoms with Crippen molar-refractivity contribution in [3.05, 3.63) is 54.3 Å². The van der Waals surface area contributed by atoms with Crippen molar-refractivity contribution in [2.75, 3.05) is 25.5 Å². The van der Waals surface area contributed by atoms with Gasteiger partial charge in [0.25, 0.3) is 0 Å². The van der Waals surface area contributed by atoms with Crippen LogP contribution in [0.1, 0.15) is 13.3 Å². The summed E-state index contributed by atoms with van der Waals surface area (Å²) >= 11 is 0. The van der Waals surface area contributed by atoms with Crippen molar-refractivity contribution in [3.8, 4) is 11.1 Å². The highest BCUT2D eigenvalue weighted by molar-refractivity contribution is 6.07. The Labute approximate surface area is 152 Å². The van der Waals surface area contributed by atoms with Gasteiger partial charge in [-0.1, -0.05) is 12.1 Å². The summed E-state index contributed by atoms with van der Waals surface area (Å²) in [6.45, 7) is 2.68. The lowest BCUT2D eigenvalue weighted by Gasteiger charge is -2.30. The van der Waals surface area contributed by atoms with Crippen molar-refractivity contribution < 1.29 is 4.79 Å². The average Bonchev–Trinajstić information content (AvgIpc) is 2.68. The summed E-state index contributed by atoms with van der Waals surface area (Å²) in [4.78, 5) is 21.5. The Morgan fingerprint density at radius 3 is 2.46 bits per heavy atom. The van der Waals surface area contributed by atoms with E-state index in [1.165, 1.54) is 6.33 Å². The first-order valence-corrected chi connectivity index (χ1v) is 8.45. The van der Waals surface area contributed by atoms with Crippen LogP contribution in [0.5, 0.6) is 0 Å². The number of nitrogens with zero attached hydrogens (tertiary/aromatic N) is 3. The molecule has 0 unspecified atom stereocenters. The SMILES string of the molecule is CNC1=C(C(=N)Nc2ccc(-c3cncnc3)cc2)CN(C(C)=O)CC1. The maximum Gasteiger partial charge on any atom is 0.219 e. The van der Waals surface area contributed by atoms with Crippen LogP contribution in [0.2, 0.25) is 0 Å². The van der Waals surface area contributed by atoms with Gasteiger partial charge in [0, 0.05) is 61.9 Å². The predicted octanol–water partition coefficient (Wildman–Crippen LogP) is 2.26. The fraction of sp³-hybridized carbons (Fsp3) is 0.263. The van der Waals surface area contributed by atoms with Crippen LogP contribution < -0.4 is 10.6 Å². The predicted molar refractivity (Wildman–Crippen MR) is 102 cm³/mol. The molecule has 7 nitrogen and oxygen atoms in total. The van der Waals surface area contributed by atoms with Gasteiger partial charge in [-0.05, 0) is 17.7 Å². The van der Waals surface area contributed by atoms with E-state index in [9.17, 15) is 4.79 Å². The number of rotatable bonds is 4. The molecule has 0 radical (unpaired) electrons. The number of amides is 1. The topological polar surface area (TPSA) is 94.0 Å². The second kappa shape index (κ2) is 7.77. The summed E-state index contributed by atoms with van der Waals surface area (Å²) in [7, 11) is 1.85. The van der Waals surface area contributed by atoms with E-state index >= 15 is 0 Å². The molecule has 0 bridgehead atoms. The van der Waals surface area contributed by atoms with E-state index in [0.29, 0.717) is 18.9 Å².